The number of benzene rings is 1. The number of hydrogen-bond donors (Lipinski definition) is 0. The minimum Gasteiger partial charge on any atom is -0.497 e. The molecule has 2 unspecified atom stereocenters. The third-order valence-corrected chi connectivity index (χ3v) is 3.68. The number of hydrogen-bond acceptors (Lipinski definition) is 1. The standard InChI is InChI=1S/C14H21ClO/c1-5-6-10(2)14(15)13-8-7-12(16-4)9-11(13)3/h7-10,14H,5-6H2,1-4H3. The first-order valence-corrected chi connectivity index (χ1v) is 6.32. The summed E-state index contributed by atoms with van der Waals surface area (Å²) in [5.74, 6) is 1.41. The van der Waals surface area contributed by atoms with E-state index in [9.17, 15) is 0 Å². The Morgan fingerprint density at radius 2 is 2.06 bits per heavy atom. The molecule has 16 heavy (non-hydrogen) atoms. The summed E-state index contributed by atoms with van der Waals surface area (Å²) >= 11 is 6.50. The fourth-order valence-electron chi connectivity index (χ4n) is 1.99. The molecule has 0 saturated heterocycles. The maximum Gasteiger partial charge on any atom is 0.119 e. The van der Waals surface area contributed by atoms with Crippen molar-refractivity contribution in [3.05, 3.63) is 29.3 Å². The fourth-order valence-corrected chi connectivity index (χ4v) is 2.36. The lowest BCUT2D eigenvalue weighted by molar-refractivity contribution is 0.414. The van der Waals surface area contributed by atoms with Gasteiger partial charge in [0.2, 0.25) is 0 Å². The van der Waals surface area contributed by atoms with E-state index in [1.165, 1.54) is 24.0 Å². The average Bonchev–Trinajstić information content (AvgIpc) is 2.28. The minimum atomic E-state index is 0.103. The van der Waals surface area contributed by atoms with Crippen LogP contribution in [0.15, 0.2) is 18.2 Å². The van der Waals surface area contributed by atoms with Gasteiger partial charge in [-0.25, -0.2) is 0 Å². The first-order chi connectivity index (χ1) is 7.60. The number of aryl methyl sites for hydroxylation is 1. The molecular weight excluding hydrogens is 220 g/mol. The van der Waals surface area contributed by atoms with Crippen LogP contribution in [0, 0.1) is 12.8 Å². The molecule has 1 aromatic carbocycles. The number of rotatable bonds is 5. The number of alkyl halides is 1. The third-order valence-electron chi connectivity index (χ3n) is 3.02. The molecule has 0 fully saturated rings. The summed E-state index contributed by atoms with van der Waals surface area (Å²) in [6.07, 6.45) is 2.35. The Hall–Kier alpha value is -0.690. The lowest BCUT2D eigenvalue weighted by Crippen LogP contribution is -2.05. The molecule has 0 aliphatic rings. The van der Waals surface area contributed by atoms with Gasteiger partial charge in [-0.15, -0.1) is 11.6 Å². The highest BCUT2D eigenvalue weighted by Crippen LogP contribution is 2.34. The number of ether oxygens (including phenoxy) is 1. The highest BCUT2D eigenvalue weighted by Gasteiger charge is 2.17. The molecule has 1 nitrogen and oxygen atoms in total. The molecule has 0 bridgehead atoms. The highest BCUT2D eigenvalue weighted by molar-refractivity contribution is 6.21. The van der Waals surface area contributed by atoms with Gasteiger partial charge in [0, 0.05) is 0 Å². The molecule has 0 aliphatic heterocycles. The Bertz CT molecular complexity index is 336. The van der Waals surface area contributed by atoms with Crippen LogP contribution in [0.3, 0.4) is 0 Å². The Kier molecular flexibility index (Phi) is 5.14. The van der Waals surface area contributed by atoms with E-state index in [-0.39, 0.29) is 5.38 Å². The van der Waals surface area contributed by atoms with Gasteiger partial charge in [-0.05, 0) is 42.5 Å². The molecule has 0 amide bonds. The van der Waals surface area contributed by atoms with Crippen LogP contribution in [0.1, 0.15) is 43.2 Å². The van der Waals surface area contributed by atoms with Crippen molar-refractivity contribution in [2.24, 2.45) is 5.92 Å². The van der Waals surface area contributed by atoms with Crippen LogP contribution in [0.2, 0.25) is 0 Å². The van der Waals surface area contributed by atoms with Crippen molar-refractivity contribution in [2.45, 2.75) is 39.0 Å². The van der Waals surface area contributed by atoms with Crippen molar-refractivity contribution in [3.63, 3.8) is 0 Å². The van der Waals surface area contributed by atoms with E-state index in [1.54, 1.807) is 7.11 Å². The van der Waals surface area contributed by atoms with Crippen LogP contribution >= 0.6 is 11.6 Å². The smallest absolute Gasteiger partial charge is 0.119 e. The van der Waals surface area contributed by atoms with Gasteiger partial charge < -0.3 is 4.74 Å². The van der Waals surface area contributed by atoms with Gasteiger partial charge in [0.25, 0.3) is 0 Å². The third kappa shape index (κ3) is 3.15. The molecule has 0 aromatic heterocycles. The fraction of sp³-hybridized carbons (Fsp3) is 0.571. The largest absolute Gasteiger partial charge is 0.497 e. The molecular formula is C14H21ClO. The summed E-state index contributed by atoms with van der Waals surface area (Å²) in [4.78, 5) is 0. The van der Waals surface area contributed by atoms with Gasteiger partial charge in [0.15, 0.2) is 0 Å². The maximum atomic E-state index is 6.50. The zero-order valence-electron chi connectivity index (χ0n) is 10.6. The Morgan fingerprint density at radius 3 is 2.56 bits per heavy atom. The van der Waals surface area contributed by atoms with Crippen LogP contribution in [-0.4, -0.2) is 7.11 Å². The number of methoxy groups -OCH3 is 1. The molecule has 1 rings (SSSR count). The van der Waals surface area contributed by atoms with E-state index in [0.717, 1.165) is 5.75 Å². The van der Waals surface area contributed by atoms with Crippen LogP contribution in [0.25, 0.3) is 0 Å². The predicted octanol–water partition coefficient (Wildman–Crippen LogP) is 4.72. The zero-order valence-corrected chi connectivity index (χ0v) is 11.3. The van der Waals surface area contributed by atoms with Gasteiger partial charge >= 0.3 is 0 Å². The molecule has 0 aliphatic carbocycles. The van der Waals surface area contributed by atoms with E-state index in [0.29, 0.717) is 5.92 Å². The van der Waals surface area contributed by atoms with Crippen molar-refractivity contribution < 1.29 is 4.74 Å². The zero-order chi connectivity index (χ0) is 12.1. The van der Waals surface area contributed by atoms with Gasteiger partial charge in [-0.3, -0.25) is 0 Å². The topological polar surface area (TPSA) is 9.23 Å². The van der Waals surface area contributed by atoms with E-state index in [2.05, 4.69) is 26.8 Å². The van der Waals surface area contributed by atoms with E-state index < -0.39 is 0 Å². The van der Waals surface area contributed by atoms with Gasteiger partial charge in [0.05, 0.1) is 12.5 Å². The van der Waals surface area contributed by atoms with E-state index in [4.69, 9.17) is 16.3 Å². The number of halogens is 1. The molecule has 0 saturated carbocycles. The summed E-state index contributed by atoms with van der Waals surface area (Å²) in [6, 6.07) is 6.11. The monoisotopic (exact) mass is 240 g/mol. The Balaban J connectivity index is 2.87. The van der Waals surface area contributed by atoms with E-state index in [1.807, 2.05) is 12.1 Å². The highest BCUT2D eigenvalue weighted by atomic mass is 35.5. The summed E-state index contributed by atoms with van der Waals surface area (Å²) in [5.41, 5.74) is 2.44. The maximum absolute atomic E-state index is 6.50. The second-order valence-corrected chi connectivity index (χ2v) is 4.86. The van der Waals surface area contributed by atoms with Gasteiger partial charge in [-0.2, -0.15) is 0 Å². The van der Waals surface area contributed by atoms with Crippen molar-refractivity contribution in [2.75, 3.05) is 7.11 Å². The van der Waals surface area contributed by atoms with Crippen LogP contribution in [0.5, 0.6) is 5.75 Å². The van der Waals surface area contributed by atoms with Crippen molar-refractivity contribution in [3.8, 4) is 5.75 Å². The second-order valence-electron chi connectivity index (χ2n) is 4.39. The first-order valence-electron chi connectivity index (χ1n) is 5.88. The molecule has 90 valence electrons. The summed E-state index contributed by atoms with van der Waals surface area (Å²) < 4.78 is 5.19. The molecule has 0 spiro atoms. The molecule has 2 heteroatoms. The van der Waals surface area contributed by atoms with Crippen LogP contribution in [0.4, 0.5) is 0 Å². The molecule has 0 N–H and O–H groups in total. The molecule has 1 aromatic rings. The van der Waals surface area contributed by atoms with E-state index >= 15 is 0 Å². The van der Waals surface area contributed by atoms with Gasteiger partial charge in [-0.1, -0.05) is 26.3 Å². The quantitative estimate of drug-likeness (QED) is 0.677. The van der Waals surface area contributed by atoms with Crippen molar-refractivity contribution >= 4 is 11.6 Å². The predicted molar refractivity (Wildman–Crippen MR) is 70.4 cm³/mol. The lowest BCUT2D eigenvalue weighted by atomic mass is 9.93. The Labute approximate surface area is 104 Å². The Morgan fingerprint density at radius 1 is 1.38 bits per heavy atom. The normalized spacial score (nSPS) is 14.6. The molecule has 0 radical (unpaired) electrons. The van der Waals surface area contributed by atoms with Crippen LogP contribution in [-0.2, 0) is 0 Å². The SMILES string of the molecule is CCCC(C)C(Cl)c1ccc(OC)cc1C. The van der Waals surface area contributed by atoms with Crippen molar-refractivity contribution in [1.29, 1.82) is 0 Å². The van der Waals surface area contributed by atoms with Crippen molar-refractivity contribution in [1.82, 2.24) is 0 Å². The lowest BCUT2D eigenvalue weighted by Gasteiger charge is -2.20. The molecule has 0 heterocycles. The van der Waals surface area contributed by atoms with Crippen LogP contribution < -0.4 is 4.74 Å². The van der Waals surface area contributed by atoms with Gasteiger partial charge in [0.1, 0.15) is 5.75 Å². The summed E-state index contributed by atoms with van der Waals surface area (Å²) in [6.45, 7) is 6.50. The summed E-state index contributed by atoms with van der Waals surface area (Å²) in [5, 5.41) is 0.103. The molecule has 2 atom stereocenters. The minimum absolute atomic E-state index is 0.103. The summed E-state index contributed by atoms with van der Waals surface area (Å²) in [7, 11) is 1.69. The first kappa shape index (κ1) is 13.4. The second kappa shape index (κ2) is 6.15. The average molecular weight is 241 g/mol.